The van der Waals surface area contributed by atoms with Crippen LogP contribution in [0.1, 0.15) is 18.9 Å². The van der Waals surface area contributed by atoms with Gasteiger partial charge in [-0.2, -0.15) is 17.5 Å². The lowest BCUT2D eigenvalue weighted by Gasteiger charge is -2.35. The van der Waals surface area contributed by atoms with Crippen LogP contribution in [-0.4, -0.2) is 54.0 Å². The molecular weight excluding hydrogens is 428 g/mol. The number of benzene rings is 1. The molecule has 2 fully saturated rings. The van der Waals surface area contributed by atoms with Crippen molar-refractivity contribution in [3.63, 3.8) is 0 Å². The normalized spacial score (nSPS) is 26.1. The largest absolute Gasteiger partial charge is 0.416 e. The van der Waals surface area contributed by atoms with Crippen LogP contribution in [0.3, 0.4) is 0 Å². The first-order chi connectivity index (χ1) is 12.3. The molecule has 27 heavy (non-hydrogen) atoms. The molecule has 5 nitrogen and oxygen atoms in total. The zero-order valence-electron chi connectivity index (χ0n) is 14.3. The third-order valence-corrected chi connectivity index (χ3v) is 8.09. The summed E-state index contributed by atoms with van der Waals surface area (Å²) in [5.74, 6) is -0.223. The van der Waals surface area contributed by atoms with Crippen LogP contribution < -0.4 is 0 Å². The molecule has 2 aliphatic rings. The Morgan fingerprint density at radius 2 is 1.56 bits per heavy atom. The molecule has 1 aromatic carbocycles. The van der Waals surface area contributed by atoms with Gasteiger partial charge in [0.2, 0.25) is 15.9 Å². The van der Waals surface area contributed by atoms with Gasteiger partial charge in [0, 0.05) is 26.2 Å². The van der Waals surface area contributed by atoms with Crippen molar-refractivity contribution in [1.29, 1.82) is 0 Å². The molecule has 0 N–H and O–H groups in total. The Morgan fingerprint density at radius 1 is 1.07 bits per heavy atom. The van der Waals surface area contributed by atoms with Crippen LogP contribution in [0.25, 0.3) is 0 Å². The smallest absolute Gasteiger partial charge is 0.339 e. The standard InChI is InChI=1S/C16H17Cl2F3N2O3S/c1-14(10-15(14,17)18)13(24)22-6-8-23(9-7-22)27(25,26)12-4-2-11(3-5-12)16(19,20)21/h2-5H,6-10H2,1H3. The van der Waals surface area contributed by atoms with Gasteiger partial charge in [-0.1, -0.05) is 0 Å². The van der Waals surface area contributed by atoms with Crippen LogP contribution >= 0.6 is 23.2 Å². The number of halogens is 5. The van der Waals surface area contributed by atoms with Crippen molar-refractivity contribution < 1.29 is 26.4 Å². The van der Waals surface area contributed by atoms with E-state index in [1.165, 1.54) is 4.90 Å². The van der Waals surface area contributed by atoms with Crippen LogP contribution in [-0.2, 0) is 21.0 Å². The van der Waals surface area contributed by atoms with E-state index in [4.69, 9.17) is 23.2 Å². The minimum absolute atomic E-state index is 0.0444. The molecule has 0 bridgehead atoms. The average molecular weight is 445 g/mol. The van der Waals surface area contributed by atoms with E-state index in [1.54, 1.807) is 6.92 Å². The summed E-state index contributed by atoms with van der Waals surface area (Å²) in [5.41, 5.74) is -1.79. The molecule has 1 saturated carbocycles. The molecule has 1 amide bonds. The first-order valence-electron chi connectivity index (χ1n) is 8.14. The Labute approximate surface area is 165 Å². The van der Waals surface area contributed by atoms with Crippen molar-refractivity contribution in [2.45, 2.75) is 28.7 Å². The number of amides is 1. The molecule has 11 heteroatoms. The predicted octanol–water partition coefficient (Wildman–Crippen LogP) is 3.12. The van der Waals surface area contributed by atoms with Gasteiger partial charge < -0.3 is 4.90 Å². The Kier molecular flexibility index (Phi) is 4.99. The fraction of sp³-hybridized carbons (Fsp3) is 0.562. The Balaban J connectivity index is 1.67. The minimum atomic E-state index is -4.53. The Hall–Kier alpha value is -1.03. The van der Waals surface area contributed by atoms with E-state index in [2.05, 4.69) is 0 Å². The third kappa shape index (κ3) is 3.66. The molecule has 0 spiro atoms. The van der Waals surface area contributed by atoms with Gasteiger partial charge in [-0.3, -0.25) is 4.79 Å². The average Bonchev–Trinajstić information content (AvgIpc) is 3.13. The first kappa shape index (κ1) is 20.7. The van der Waals surface area contributed by atoms with Crippen LogP contribution in [0.5, 0.6) is 0 Å². The highest BCUT2D eigenvalue weighted by Crippen LogP contribution is 2.64. The van der Waals surface area contributed by atoms with E-state index in [0.29, 0.717) is 6.42 Å². The predicted molar refractivity (Wildman–Crippen MR) is 93.9 cm³/mol. The van der Waals surface area contributed by atoms with Crippen LogP contribution in [0.15, 0.2) is 29.2 Å². The van der Waals surface area contributed by atoms with Crippen molar-refractivity contribution in [2.24, 2.45) is 5.41 Å². The van der Waals surface area contributed by atoms with E-state index in [9.17, 15) is 26.4 Å². The maximum atomic E-state index is 12.6. The van der Waals surface area contributed by atoms with E-state index >= 15 is 0 Å². The number of rotatable bonds is 3. The topological polar surface area (TPSA) is 57.7 Å². The number of hydrogen-bond donors (Lipinski definition) is 0. The van der Waals surface area contributed by atoms with Gasteiger partial charge in [0.05, 0.1) is 15.9 Å². The Morgan fingerprint density at radius 3 is 1.96 bits per heavy atom. The summed E-state index contributed by atoms with van der Waals surface area (Å²) in [6.07, 6.45) is -4.20. The highest BCUT2D eigenvalue weighted by Gasteiger charge is 2.68. The van der Waals surface area contributed by atoms with Crippen molar-refractivity contribution in [2.75, 3.05) is 26.2 Å². The SMILES string of the molecule is CC1(C(=O)N2CCN(S(=O)(=O)c3ccc(C(F)(F)F)cc3)CC2)CC1(Cl)Cl. The lowest BCUT2D eigenvalue weighted by atomic mass is 10.1. The molecule has 0 radical (unpaired) electrons. The highest BCUT2D eigenvalue weighted by molar-refractivity contribution is 7.89. The van der Waals surface area contributed by atoms with E-state index in [1.807, 2.05) is 0 Å². The van der Waals surface area contributed by atoms with Crippen molar-refractivity contribution in [1.82, 2.24) is 9.21 Å². The second-order valence-corrected chi connectivity index (χ2v) is 10.4. The molecule has 1 aromatic rings. The summed E-state index contributed by atoms with van der Waals surface area (Å²) in [6.45, 7) is 2.09. The summed E-state index contributed by atoms with van der Waals surface area (Å²) in [6, 6.07) is 3.36. The molecule has 1 aliphatic heterocycles. The summed E-state index contributed by atoms with van der Waals surface area (Å²) >= 11 is 12.0. The van der Waals surface area contributed by atoms with Gasteiger partial charge in [0.1, 0.15) is 4.33 Å². The highest BCUT2D eigenvalue weighted by atomic mass is 35.5. The number of carbonyl (C=O) groups excluding carboxylic acids is 1. The van der Waals surface area contributed by atoms with Gasteiger partial charge in [-0.25, -0.2) is 8.42 Å². The third-order valence-electron chi connectivity index (χ3n) is 5.08. The lowest BCUT2D eigenvalue weighted by molar-refractivity contribution is -0.138. The van der Waals surface area contributed by atoms with Gasteiger partial charge >= 0.3 is 6.18 Å². The monoisotopic (exact) mass is 444 g/mol. The Bertz CT molecular complexity index is 851. The fourth-order valence-electron chi connectivity index (χ4n) is 3.08. The van der Waals surface area contributed by atoms with Crippen LogP contribution in [0.4, 0.5) is 13.2 Å². The van der Waals surface area contributed by atoms with E-state index in [-0.39, 0.29) is 37.0 Å². The molecule has 1 saturated heterocycles. The van der Waals surface area contributed by atoms with Crippen LogP contribution in [0.2, 0.25) is 0 Å². The minimum Gasteiger partial charge on any atom is -0.339 e. The number of nitrogens with zero attached hydrogens (tertiary/aromatic N) is 2. The fourth-order valence-corrected chi connectivity index (χ4v) is 5.20. The number of alkyl halides is 5. The van der Waals surface area contributed by atoms with Crippen molar-refractivity contribution >= 4 is 39.1 Å². The summed E-state index contributed by atoms with van der Waals surface area (Å²) in [5, 5.41) is 0. The van der Waals surface area contributed by atoms with E-state index < -0.39 is 31.5 Å². The summed E-state index contributed by atoms with van der Waals surface area (Å²) < 4.78 is 63.2. The molecule has 1 aliphatic carbocycles. The van der Waals surface area contributed by atoms with E-state index in [0.717, 1.165) is 28.6 Å². The van der Waals surface area contributed by atoms with Crippen molar-refractivity contribution in [3.05, 3.63) is 29.8 Å². The van der Waals surface area contributed by atoms with Crippen molar-refractivity contribution in [3.8, 4) is 0 Å². The number of hydrogen-bond acceptors (Lipinski definition) is 3. The molecule has 3 rings (SSSR count). The maximum absolute atomic E-state index is 12.6. The number of sulfonamides is 1. The molecule has 0 aromatic heterocycles. The summed E-state index contributed by atoms with van der Waals surface area (Å²) in [7, 11) is -3.94. The zero-order valence-corrected chi connectivity index (χ0v) is 16.6. The van der Waals surface area contributed by atoms with Gasteiger partial charge in [0.25, 0.3) is 0 Å². The molecule has 150 valence electrons. The van der Waals surface area contributed by atoms with Gasteiger partial charge in [-0.05, 0) is 37.6 Å². The second kappa shape index (κ2) is 6.50. The molecule has 1 unspecified atom stereocenters. The lowest BCUT2D eigenvalue weighted by Crippen LogP contribution is -2.52. The summed E-state index contributed by atoms with van der Waals surface area (Å²) in [4.78, 5) is 13.8. The number of carbonyl (C=O) groups is 1. The first-order valence-corrected chi connectivity index (χ1v) is 10.3. The molecule has 1 atom stereocenters. The zero-order chi connectivity index (χ0) is 20.3. The number of piperazine rings is 1. The molecular formula is C16H17Cl2F3N2O3S. The van der Waals surface area contributed by atoms with Gasteiger partial charge in [0.15, 0.2) is 0 Å². The van der Waals surface area contributed by atoms with Gasteiger partial charge in [-0.15, -0.1) is 23.2 Å². The quantitative estimate of drug-likeness (QED) is 0.672. The molecule has 1 heterocycles. The van der Waals surface area contributed by atoms with Crippen LogP contribution in [0, 0.1) is 5.41 Å². The second-order valence-electron chi connectivity index (χ2n) is 6.93. The maximum Gasteiger partial charge on any atom is 0.416 e.